The fourth-order valence-electron chi connectivity index (χ4n) is 1.07. The third kappa shape index (κ3) is 3.85. The van der Waals surface area contributed by atoms with E-state index in [2.05, 4.69) is 10.3 Å². The molecule has 0 amide bonds. The summed E-state index contributed by atoms with van der Waals surface area (Å²) in [5, 5.41) is 11.5. The normalized spacial score (nSPS) is 11.1. The molecule has 1 aromatic rings. The summed E-state index contributed by atoms with van der Waals surface area (Å²) >= 11 is 0. The van der Waals surface area contributed by atoms with Gasteiger partial charge in [0.15, 0.2) is 0 Å². The van der Waals surface area contributed by atoms with Crippen LogP contribution in [0.2, 0.25) is 0 Å². The standard InChI is InChI=1S/C9H12N2O4S/c1-16(14,15)6-5-11-8-7(9(12)13)3-2-4-10-8/h2-4H,5-6H2,1H3,(H,10,11)(H,12,13). The Balaban J connectivity index is 2.71. The Kier molecular flexibility index (Phi) is 3.83. The average Bonchev–Trinajstić information content (AvgIpc) is 2.16. The second-order valence-corrected chi connectivity index (χ2v) is 5.52. The fraction of sp³-hybridized carbons (Fsp3) is 0.333. The predicted molar refractivity (Wildman–Crippen MR) is 59.4 cm³/mol. The molecule has 0 aliphatic carbocycles. The molecule has 0 radical (unpaired) electrons. The number of carbonyl (C=O) groups is 1. The number of carboxylic acid groups (broad SMARTS) is 1. The van der Waals surface area contributed by atoms with Crippen LogP contribution < -0.4 is 5.32 Å². The molecule has 0 aliphatic rings. The lowest BCUT2D eigenvalue weighted by Gasteiger charge is -2.06. The lowest BCUT2D eigenvalue weighted by atomic mass is 10.2. The Labute approximate surface area is 93.2 Å². The Morgan fingerprint density at radius 3 is 2.81 bits per heavy atom. The number of nitrogens with zero attached hydrogens (tertiary/aromatic N) is 1. The maximum Gasteiger partial charge on any atom is 0.339 e. The highest BCUT2D eigenvalue weighted by Crippen LogP contribution is 2.10. The van der Waals surface area contributed by atoms with E-state index in [9.17, 15) is 13.2 Å². The second kappa shape index (κ2) is 4.93. The number of hydrogen-bond acceptors (Lipinski definition) is 5. The summed E-state index contributed by atoms with van der Waals surface area (Å²) in [5.74, 6) is -0.989. The molecule has 0 spiro atoms. The van der Waals surface area contributed by atoms with Crippen molar-refractivity contribution in [3.05, 3.63) is 23.9 Å². The van der Waals surface area contributed by atoms with Crippen LogP contribution in [-0.4, -0.2) is 43.0 Å². The zero-order valence-corrected chi connectivity index (χ0v) is 9.49. The van der Waals surface area contributed by atoms with E-state index in [4.69, 9.17) is 5.11 Å². The first-order valence-electron chi connectivity index (χ1n) is 4.50. The summed E-state index contributed by atoms with van der Waals surface area (Å²) in [6, 6.07) is 2.91. The van der Waals surface area contributed by atoms with E-state index < -0.39 is 15.8 Å². The number of aromatic carboxylic acids is 1. The summed E-state index contributed by atoms with van der Waals surface area (Å²) in [7, 11) is -3.07. The van der Waals surface area contributed by atoms with E-state index in [1.165, 1.54) is 18.3 Å². The van der Waals surface area contributed by atoms with Crippen molar-refractivity contribution in [1.82, 2.24) is 4.98 Å². The van der Waals surface area contributed by atoms with Gasteiger partial charge >= 0.3 is 5.97 Å². The van der Waals surface area contributed by atoms with Gasteiger partial charge in [0.25, 0.3) is 0 Å². The fourth-order valence-corrected chi connectivity index (χ4v) is 1.55. The van der Waals surface area contributed by atoms with Gasteiger partial charge in [-0.2, -0.15) is 0 Å². The molecule has 0 bridgehead atoms. The summed E-state index contributed by atoms with van der Waals surface area (Å²) < 4.78 is 21.7. The molecule has 0 atom stereocenters. The van der Waals surface area contributed by atoms with Crippen molar-refractivity contribution in [2.45, 2.75) is 0 Å². The molecular weight excluding hydrogens is 232 g/mol. The minimum Gasteiger partial charge on any atom is -0.478 e. The molecule has 6 nitrogen and oxygen atoms in total. The molecule has 0 aliphatic heterocycles. The zero-order valence-electron chi connectivity index (χ0n) is 8.67. The molecule has 0 unspecified atom stereocenters. The van der Waals surface area contributed by atoms with Crippen molar-refractivity contribution in [2.24, 2.45) is 0 Å². The first-order valence-corrected chi connectivity index (χ1v) is 6.56. The number of hydrogen-bond donors (Lipinski definition) is 2. The summed E-state index contributed by atoms with van der Waals surface area (Å²) in [4.78, 5) is 14.6. The van der Waals surface area contributed by atoms with Gasteiger partial charge in [0, 0.05) is 19.0 Å². The highest BCUT2D eigenvalue weighted by molar-refractivity contribution is 7.90. The zero-order chi connectivity index (χ0) is 12.2. The van der Waals surface area contributed by atoms with Crippen molar-refractivity contribution in [1.29, 1.82) is 0 Å². The molecule has 1 heterocycles. The van der Waals surface area contributed by atoms with Crippen molar-refractivity contribution in [3.8, 4) is 0 Å². The number of anilines is 1. The van der Waals surface area contributed by atoms with E-state index in [0.29, 0.717) is 0 Å². The molecule has 1 aromatic heterocycles. The van der Waals surface area contributed by atoms with Crippen molar-refractivity contribution in [2.75, 3.05) is 23.9 Å². The third-order valence-electron chi connectivity index (χ3n) is 1.80. The SMILES string of the molecule is CS(=O)(=O)CCNc1ncccc1C(=O)O. The van der Waals surface area contributed by atoms with Gasteiger partial charge in [0.05, 0.1) is 5.75 Å². The van der Waals surface area contributed by atoms with E-state index in [-0.39, 0.29) is 23.7 Å². The Morgan fingerprint density at radius 2 is 2.25 bits per heavy atom. The van der Waals surface area contributed by atoms with E-state index in [1.807, 2.05) is 0 Å². The second-order valence-electron chi connectivity index (χ2n) is 3.26. The first kappa shape index (κ1) is 12.4. The molecule has 0 fully saturated rings. The lowest BCUT2D eigenvalue weighted by Crippen LogP contribution is -2.16. The molecule has 0 aromatic carbocycles. The number of pyridine rings is 1. The van der Waals surface area contributed by atoms with Gasteiger partial charge in [-0.15, -0.1) is 0 Å². The Hall–Kier alpha value is -1.63. The number of nitrogens with one attached hydrogen (secondary N) is 1. The average molecular weight is 244 g/mol. The van der Waals surface area contributed by atoms with E-state index in [1.54, 1.807) is 0 Å². The minimum atomic E-state index is -3.07. The summed E-state index contributed by atoms with van der Waals surface area (Å²) in [5.41, 5.74) is 0.0241. The van der Waals surface area contributed by atoms with Gasteiger partial charge in [0.2, 0.25) is 0 Å². The predicted octanol–water partition coefficient (Wildman–Crippen LogP) is 0.236. The molecule has 0 saturated carbocycles. The van der Waals surface area contributed by atoms with Gasteiger partial charge in [-0.25, -0.2) is 18.2 Å². The Morgan fingerprint density at radius 1 is 1.56 bits per heavy atom. The Bertz CT molecular complexity index is 484. The molecule has 2 N–H and O–H groups in total. The van der Waals surface area contributed by atoms with Crippen LogP contribution in [0.15, 0.2) is 18.3 Å². The van der Waals surface area contributed by atoms with Crippen molar-refractivity contribution in [3.63, 3.8) is 0 Å². The topological polar surface area (TPSA) is 96.4 Å². The van der Waals surface area contributed by atoms with Crippen LogP contribution in [0.4, 0.5) is 5.82 Å². The van der Waals surface area contributed by atoms with Crippen LogP contribution in [0.25, 0.3) is 0 Å². The minimum absolute atomic E-state index is 0.0241. The monoisotopic (exact) mass is 244 g/mol. The molecular formula is C9H12N2O4S. The van der Waals surface area contributed by atoms with Crippen LogP contribution in [-0.2, 0) is 9.84 Å². The maximum atomic E-state index is 10.9. The molecule has 16 heavy (non-hydrogen) atoms. The van der Waals surface area contributed by atoms with Crippen LogP contribution in [0, 0.1) is 0 Å². The smallest absolute Gasteiger partial charge is 0.339 e. The van der Waals surface area contributed by atoms with Crippen LogP contribution >= 0.6 is 0 Å². The van der Waals surface area contributed by atoms with Gasteiger partial charge in [-0.05, 0) is 12.1 Å². The van der Waals surface area contributed by atoms with Crippen LogP contribution in [0.3, 0.4) is 0 Å². The van der Waals surface area contributed by atoms with Crippen LogP contribution in [0.1, 0.15) is 10.4 Å². The highest BCUT2D eigenvalue weighted by Gasteiger charge is 2.10. The largest absolute Gasteiger partial charge is 0.478 e. The number of sulfone groups is 1. The lowest BCUT2D eigenvalue weighted by molar-refractivity contribution is 0.0697. The summed E-state index contributed by atoms with van der Waals surface area (Å²) in [6.45, 7) is 0.135. The number of rotatable bonds is 5. The molecule has 1 rings (SSSR count). The number of aromatic nitrogens is 1. The van der Waals surface area contributed by atoms with E-state index >= 15 is 0 Å². The molecule has 88 valence electrons. The number of carboxylic acids is 1. The van der Waals surface area contributed by atoms with Crippen LogP contribution in [0.5, 0.6) is 0 Å². The van der Waals surface area contributed by atoms with Gasteiger partial charge in [-0.1, -0.05) is 0 Å². The van der Waals surface area contributed by atoms with Gasteiger partial charge in [-0.3, -0.25) is 0 Å². The quantitative estimate of drug-likeness (QED) is 0.770. The first-order chi connectivity index (χ1) is 7.40. The van der Waals surface area contributed by atoms with Crippen molar-refractivity contribution < 1.29 is 18.3 Å². The third-order valence-corrected chi connectivity index (χ3v) is 2.75. The van der Waals surface area contributed by atoms with Gasteiger partial charge in [0.1, 0.15) is 21.2 Å². The maximum absolute atomic E-state index is 10.9. The van der Waals surface area contributed by atoms with Crippen molar-refractivity contribution >= 4 is 21.6 Å². The van der Waals surface area contributed by atoms with Gasteiger partial charge < -0.3 is 10.4 Å². The molecule has 7 heteroatoms. The summed E-state index contributed by atoms with van der Waals surface area (Å²) in [6.07, 6.45) is 2.56. The van der Waals surface area contributed by atoms with E-state index in [0.717, 1.165) is 6.26 Å². The molecule has 0 saturated heterocycles. The highest BCUT2D eigenvalue weighted by atomic mass is 32.2.